The van der Waals surface area contributed by atoms with E-state index in [2.05, 4.69) is 10.2 Å². The van der Waals surface area contributed by atoms with Gasteiger partial charge < -0.3 is 9.80 Å². The molecule has 3 aromatic rings. The average Bonchev–Trinajstić information content (AvgIpc) is 3.26. The smallest absolute Gasteiger partial charge is 0.227 e. The first-order chi connectivity index (χ1) is 15.2. The maximum Gasteiger partial charge on any atom is 0.227 e. The molecule has 1 aromatic carbocycles. The second-order valence-electron chi connectivity index (χ2n) is 8.00. The first kappa shape index (κ1) is 20.1. The molecule has 160 valence electrons. The molecule has 2 aromatic heterocycles. The molecule has 0 spiro atoms. The van der Waals surface area contributed by atoms with E-state index < -0.39 is 0 Å². The number of hydrogen-bond donors (Lipinski definition) is 0. The average molecular weight is 436 g/mol. The van der Waals surface area contributed by atoms with Crippen LogP contribution in [0.25, 0.3) is 5.65 Å². The number of piperidine rings is 1. The fraction of sp³-hybridized carbons (Fsp3) is 0.391. The van der Waals surface area contributed by atoms with Crippen molar-refractivity contribution in [3.05, 3.63) is 54.5 Å². The molecule has 31 heavy (non-hydrogen) atoms. The lowest BCUT2D eigenvalue weighted by Gasteiger charge is -2.32. The van der Waals surface area contributed by atoms with Crippen LogP contribution in [0.3, 0.4) is 0 Å². The fourth-order valence-corrected chi connectivity index (χ4v) is 5.46. The summed E-state index contributed by atoms with van der Waals surface area (Å²) in [6.07, 6.45) is 4.25. The Labute approximate surface area is 185 Å². The number of likely N-dealkylation sites (tertiary alicyclic amines) is 1. The monoisotopic (exact) mass is 435 g/mol. The maximum atomic E-state index is 12.8. The summed E-state index contributed by atoms with van der Waals surface area (Å²) in [5.41, 5.74) is 1.82. The van der Waals surface area contributed by atoms with Crippen LogP contribution in [0.4, 0.5) is 5.69 Å². The van der Waals surface area contributed by atoms with Gasteiger partial charge in [0.1, 0.15) is 5.82 Å². The van der Waals surface area contributed by atoms with E-state index in [4.69, 9.17) is 0 Å². The molecule has 0 unspecified atom stereocenters. The quantitative estimate of drug-likeness (QED) is 0.629. The second-order valence-corrected chi connectivity index (χ2v) is 9.14. The summed E-state index contributed by atoms with van der Waals surface area (Å²) in [5, 5.41) is 8.62. The van der Waals surface area contributed by atoms with E-state index in [1.54, 1.807) is 11.8 Å². The molecule has 0 bridgehead atoms. The molecule has 4 heterocycles. The van der Waals surface area contributed by atoms with Crippen LogP contribution in [0.2, 0.25) is 0 Å². The van der Waals surface area contributed by atoms with E-state index in [-0.39, 0.29) is 24.7 Å². The summed E-state index contributed by atoms with van der Waals surface area (Å²) >= 11 is 1.78. The minimum Gasteiger partial charge on any atom is -0.343 e. The van der Waals surface area contributed by atoms with Crippen molar-refractivity contribution < 1.29 is 9.59 Å². The predicted octanol–water partition coefficient (Wildman–Crippen LogP) is 3.35. The number of para-hydroxylation sites is 1. The lowest BCUT2D eigenvalue weighted by Crippen LogP contribution is -2.40. The zero-order chi connectivity index (χ0) is 21.2. The molecule has 0 saturated carbocycles. The zero-order valence-electron chi connectivity index (χ0n) is 17.3. The van der Waals surface area contributed by atoms with Gasteiger partial charge in [0, 0.05) is 55.2 Å². The van der Waals surface area contributed by atoms with Crippen molar-refractivity contribution >= 4 is 34.9 Å². The molecule has 0 N–H and O–H groups in total. The Morgan fingerprint density at radius 2 is 1.71 bits per heavy atom. The number of thioether (sulfide) groups is 1. The molecule has 5 rings (SSSR count). The highest BCUT2D eigenvalue weighted by atomic mass is 32.2. The lowest BCUT2D eigenvalue weighted by molar-refractivity contribution is -0.134. The van der Waals surface area contributed by atoms with E-state index in [0.717, 1.165) is 40.6 Å². The van der Waals surface area contributed by atoms with E-state index in [1.807, 2.05) is 62.9 Å². The van der Waals surface area contributed by atoms with Gasteiger partial charge in [-0.1, -0.05) is 18.2 Å². The number of fused-ring (bicyclic) bond motifs is 2. The van der Waals surface area contributed by atoms with Crippen LogP contribution < -0.4 is 4.90 Å². The number of carbonyl (C=O) groups excluding carboxylic acids is 2. The molecule has 2 amide bonds. The third-order valence-corrected chi connectivity index (χ3v) is 7.18. The number of benzene rings is 1. The van der Waals surface area contributed by atoms with Gasteiger partial charge >= 0.3 is 0 Å². The maximum absolute atomic E-state index is 12.8. The Kier molecular flexibility index (Phi) is 5.63. The number of aromatic nitrogens is 3. The van der Waals surface area contributed by atoms with Crippen molar-refractivity contribution in [2.24, 2.45) is 0 Å². The second kappa shape index (κ2) is 8.70. The van der Waals surface area contributed by atoms with Crippen molar-refractivity contribution in [1.82, 2.24) is 19.5 Å². The van der Waals surface area contributed by atoms with Gasteiger partial charge in [0.2, 0.25) is 11.8 Å². The van der Waals surface area contributed by atoms with Gasteiger partial charge in [0.25, 0.3) is 0 Å². The van der Waals surface area contributed by atoms with Crippen molar-refractivity contribution in [1.29, 1.82) is 0 Å². The minimum atomic E-state index is 0.0333. The van der Waals surface area contributed by atoms with Crippen molar-refractivity contribution in [3.63, 3.8) is 0 Å². The Bertz CT molecular complexity index is 1110. The fourth-order valence-electron chi connectivity index (χ4n) is 4.46. The van der Waals surface area contributed by atoms with Crippen LogP contribution >= 0.6 is 11.8 Å². The number of carbonyl (C=O) groups is 2. The number of hydrogen-bond acceptors (Lipinski definition) is 5. The highest BCUT2D eigenvalue weighted by molar-refractivity contribution is 7.99. The molecule has 1 fully saturated rings. The lowest BCUT2D eigenvalue weighted by atomic mass is 9.95. The summed E-state index contributed by atoms with van der Waals surface area (Å²) in [5.74, 6) is 2.26. The molecule has 0 aliphatic carbocycles. The normalized spacial score (nSPS) is 17.0. The summed E-state index contributed by atoms with van der Waals surface area (Å²) in [6.45, 7) is 2.09. The van der Waals surface area contributed by atoms with Gasteiger partial charge in [-0.25, -0.2) is 0 Å². The Balaban J connectivity index is 1.15. The molecule has 0 atom stereocenters. The first-order valence-corrected chi connectivity index (χ1v) is 11.8. The summed E-state index contributed by atoms with van der Waals surface area (Å²) < 4.78 is 2.04. The number of rotatable bonds is 4. The third kappa shape index (κ3) is 4.04. The molecular formula is C23H25N5O2S. The zero-order valence-corrected chi connectivity index (χ0v) is 18.1. The van der Waals surface area contributed by atoms with Gasteiger partial charge in [0.05, 0.1) is 5.69 Å². The van der Waals surface area contributed by atoms with E-state index in [0.29, 0.717) is 25.6 Å². The third-order valence-electron chi connectivity index (χ3n) is 6.14. The van der Waals surface area contributed by atoms with Crippen LogP contribution in [0.1, 0.15) is 37.4 Å². The predicted molar refractivity (Wildman–Crippen MR) is 120 cm³/mol. The number of anilines is 1. The van der Waals surface area contributed by atoms with Gasteiger partial charge in [-0.3, -0.25) is 14.0 Å². The molecule has 7 nitrogen and oxygen atoms in total. The van der Waals surface area contributed by atoms with Gasteiger partial charge in [-0.2, -0.15) is 0 Å². The van der Waals surface area contributed by atoms with E-state index in [1.165, 1.54) is 0 Å². The highest BCUT2D eigenvalue weighted by Crippen LogP contribution is 2.34. The number of amides is 2. The standard InChI is InChI=1S/C23H25N5O2S/c29-21(8-9-22(30)27-15-16-31-19-6-2-1-5-18(19)27)26-13-10-17(11-14-26)23-25-24-20-7-3-4-12-28(20)23/h1-7,12,17H,8-11,13-16H2. The van der Waals surface area contributed by atoms with Crippen LogP contribution in [0, 0.1) is 0 Å². The summed E-state index contributed by atoms with van der Waals surface area (Å²) in [6, 6.07) is 13.9. The molecule has 2 aliphatic rings. The van der Waals surface area contributed by atoms with Crippen molar-refractivity contribution in [2.75, 3.05) is 30.3 Å². The van der Waals surface area contributed by atoms with Gasteiger partial charge in [-0.15, -0.1) is 22.0 Å². The molecule has 0 radical (unpaired) electrons. The van der Waals surface area contributed by atoms with Gasteiger partial charge in [0.15, 0.2) is 5.65 Å². The van der Waals surface area contributed by atoms with Crippen LogP contribution in [-0.2, 0) is 9.59 Å². The van der Waals surface area contributed by atoms with Crippen LogP contribution in [0.5, 0.6) is 0 Å². The van der Waals surface area contributed by atoms with E-state index >= 15 is 0 Å². The largest absolute Gasteiger partial charge is 0.343 e. The number of pyridine rings is 1. The summed E-state index contributed by atoms with van der Waals surface area (Å²) in [7, 11) is 0. The Morgan fingerprint density at radius 1 is 0.935 bits per heavy atom. The van der Waals surface area contributed by atoms with Crippen LogP contribution in [0.15, 0.2) is 53.6 Å². The molecule has 2 aliphatic heterocycles. The van der Waals surface area contributed by atoms with Crippen LogP contribution in [-0.4, -0.2) is 56.7 Å². The molecule has 8 heteroatoms. The minimum absolute atomic E-state index is 0.0333. The SMILES string of the molecule is O=C(CCC(=O)N1CCSc2ccccc21)N1CCC(c2nnc3ccccn23)CC1. The summed E-state index contributed by atoms with van der Waals surface area (Å²) in [4.78, 5) is 30.4. The van der Waals surface area contributed by atoms with Crippen molar-refractivity contribution in [2.45, 2.75) is 36.5 Å². The van der Waals surface area contributed by atoms with Gasteiger partial charge in [-0.05, 0) is 37.1 Å². The topological polar surface area (TPSA) is 70.8 Å². The highest BCUT2D eigenvalue weighted by Gasteiger charge is 2.28. The Hall–Kier alpha value is -2.87. The van der Waals surface area contributed by atoms with Crippen molar-refractivity contribution in [3.8, 4) is 0 Å². The number of nitrogens with zero attached hydrogens (tertiary/aromatic N) is 5. The molecule has 1 saturated heterocycles. The Morgan fingerprint density at radius 3 is 2.58 bits per heavy atom. The molecular weight excluding hydrogens is 410 g/mol. The van der Waals surface area contributed by atoms with E-state index in [9.17, 15) is 9.59 Å². The first-order valence-electron chi connectivity index (χ1n) is 10.8.